The first-order chi connectivity index (χ1) is 16.8. The Hall–Kier alpha value is -3.69. The number of nitro groups is 1. The van der Waals surface area contributed by atoms with Gasteiger partial charge in [0.15, 0.2) is 0 Å². The number of aryl methyl sites for hydroxylation is 1. The average molecular weight is 492 g/mol. The zero-order valence-electron chi connectivity index (χ0n) is 19.7. The van der Waals surface area contributed by atoms with Crippen LogP contribution < -0.4 is 10.2 Å². The minimum atomic E-state index is -0.341. The van der Waals surface area contributed by atoms with Crippen molar-refractivity contribution >= 4 is 45.5 Å². The third-order valence-electron chi connectivity index (χ3n) is 6.59. The highest BCUT2D eigenvalue weighted by molar-refractivity contribution is 6.33. The van der Waals surface area contributed by atoms with E-state index in [1.54, 1.807) is 6.07 Å². The lowest BCUT2D eigenvalue weighted by molar-refractivity contribution is -0.384. The molecule has 0 aliphatic carbocycles. The van der Waals surface area contributed by atoms with Crippen LogP contribution in [0.5, 0.6) is 0 Å². The number of fused-ring (bicyclic) bond motifs is 1. The Morgan fingerprint density at radius 3 is 2.86 bits per heavy atom. The molecule has 1 aliphatic heterocycles. The molecule has 180 valence electrons. The highest BCUT2D eigenvalue weighted by atomic mass is 35.5. The third kappa shape index (κ3) is 4.40. The number of nitrogens with one attached hydrogen (secondary N) is 2. The lowest BCUT2D eigenvalue weighted by Crippen LogP contribution is -2.31. The second-order valence-corrected chi connectivity index (χ2v) is 9.43. The van der Waals surface area contributed by atoms with Crippen molar-refractivity contribution in [2.24, 2.45) is 0 Å². The van der Waals surface area contributed by atoms with E-state index in [1.165, 1.54) is 12.3 Å². The van der Waals surface area contributed by atoms with Crippen molar-refractivity contribution < 1.29 is 4.92 Å². The van der Waals surface area contributed by atoms with Crippen molar-refractivity contribution in [2.45, 2.75) is 19.4 Å². The summed E-state index contributed by atoms with van der Waals surface area (Å²) < 4.78 is 0. The summed E-state index contributed by atoms with van der Waals surface area (Å²) in [5.74, 6) is 0.308. The predicted octanol–water partition coefficient (Wildman–Crippen LogP) is 5.38. The van der Waals surface area contributed by atoms with Crippen molar-refractivity contribution in [2.75, 3.05) is 37.4 Å². The first-order valence-electron chi connectivity index (χ1n) is 11.4. The standard InChI is InChI=1S/C25H26ClN7O2/c1-15-5-4-6-18-19(12-27-23(15)18)24-20(26)13-28-25(30-24)29-16-7-8-21(22(11-16)33(34)35)32-10-9-17(14-32)31(2)3/h4-8,11-13,17,27H,9-10,14H2,1-3H3,(H,28,29,30)/t17-/m1/s1. The maximum absolute atomic E-state index is 11.9. The molecule has 1 saturated heterocycles. The summed E-state index contributed by atoms with van der Waals surface area (Å²) in [7, 11) is 4.07. The van der Waals surface area contributed by atoms with Gasteiger partial charge in [-0.15, -0.1) is 0 Å². The van der Waals surface area contributed by atoms with Crippen LogP contribution >= 0.6 is 11.6 Å². The summed E-state index contributed by atoms with van der Waals surface area (Å²) in [5.41, 5.74) is 4.80. The molecule has 9 nitrogen and oxygen atoms in total. The maximum atomic E-state index is 11.9. The molecule has 2 aromatic carbocycles. The van der Waals surface area contributed by atoms with Crippen molar-refractivity contribution in [3.05, 3.63) is 69.5 Å². The Morgan fingerprint density at radius 2 is 2.11 bits per heavy atom. The van der Waals surface area contributed by atoms with E-state index in [4.69, 9.17) is 11.6 Å². The van der Waals surface area contributed by atoms with E-state index in [0.29, 0.717) is 34.1 Å². The highest BCUT2D eigenvalue weighted by Crippen LogP contribution is 2.36. The fraction of sp³-hybridized carbons (Fsp3) is 0.280. The molecule has 35 heavy (non-hydrogen) atoms. The highest BCUT2D eigenvalue weighted by Gasteiger charge is 2.29. The van der Waals surface area contributed by atoms with Crippen molar-refractivity contribution in [1.29, 1.82) is 0 Å². The molecule has 0 spiro atoms. The fourth-order valence-corrected chi connectivity index (χ4v) is 4.84. The average Bonchev–Trinajstić information content (AvgIpc) is 3.49. The monoisotopic (exact) mass is 491 g/mol. The van der Waals surface area contributed by atoms with E-state index in [0.717, 1.165) is 41.5 Å². The number of anilines is 3. The largest absolute Gasteiger partial charge is 0.364 e. The third-order valence-corrected chi connectivity index (χ3v) is 6.86. The maximum Gasteiger partial charge on any atom is 0.294 e. The number of rotatable bonds is 6. The molecule has 0 radical (unpaired) electrons. The van der Waals surface area contributed by atoms with Gasteiger partial charge in [0.25, 0.3) is 5.69 Å². The van der Waals surface area contributed by atoms with Crippen LogP contribution in [0.2, 0.25) is 5.02 Å². The number of H-pyrrole nitrogens is 1. The molecular weight excluding hydrogens is 466 g/mol. The van der Waals surface area contributed by atoms with Gasteiger partial charge in [-0.3, -0.25) is 10.1 Å². The van der Waals surface area contributed by atoms with E-state index in [9.17, 15) is 10.1 Å². The molecule has 1 atom stereocenters. The number of nitrogens with zero attached hydrogens (tertiary/aromatic N) is 5. The topological polar surface area (TPSA) is 103 Å². The summed E-state index contributed by atoms with van der Waals surface area (Å²) in [6.07, 6.45) is 4.39. The Morgan fingerprint density at radius 1 is 1.29 bits per heavy atom. The molecule has 3 heterocycles. The van der Waals surface area contributed by atoms with Crippen LogP contribution in [0.3, 0.4) is 0 Å². The molecule has 5 rings (SSSR count). The number of nitro benzene ring substituents is 1. The SMILES string of the molecule is Cc1cccc2c(-c3nc(Nc4ccc(N5CC[C@@H](N(C)C)C5)c([N+](=O)[O-])c4)ncc3Cl)c[nH]c12. The van der Waals surface area contributed by atoms with Gasteiger partial charge < -0.3 is 20.1 Å². The second kappa shape index (κ2) is 9.16. The van der Waals surface area contributed by atoms with Crippen molar-refractivity contribution in [3.63, 3.8) is 0 Å². The van der Waals surface area contributed by atoms with E-state index < -0.39 is 0 Å². The van der Waals surface area contributed by atoms with Crippen LogP contribution in [0.4, 0.5) is 23.0 Å². The zero-order chi connectivity index (χ0) is 24.7. The fourth-order valence-electron chi connectivity index (χ4n) is 4.64. The normalized spacial score (nSPS) is 15.8. The lowest BCUT2D eigenvalue weighted by atomic mass is 10.1. The van der Waals surface area contributed by atoms with Crippen molar-refractivity contribution in [3.8, 4) is 11.3 Å². The van der Waals surface area contributed by atoms with Gasteiger partial charge in [0, 0.05) is 53.5 Å². The molecule has 0 unspecified atom stereocenters. The first-order valence-corrected chi connectivity index (χ1v) is 11.8. The van der Waals surface area contributed by atoms with Crippen LogP contribution in [0.1, 0.15) is 12.0 Å². The van der Waals surface area contributed by atoms with Gasteiger partial charge in [0.2, 0.25) is 5.95 Å². The number of aromatic amines is 1. The van der Waals surface area contributed by atoms with Crippen LogP contribution in [0.25, 0.3) is 22.2 Å². The molecule has 10 heteroatoms. The summed E-state index contributed by atoms with van der Waals surface area (Å²) in [5, 5.41) is 16.4. The number of halogens is 1. The van der Waals surface area contributed by atoms with Crippen molar-refractivity contribution in [1.82, 2.24) is 19.9 Å². The van der Waals surface area contributed by atoms with E-state index in [-0.39, 0.29) is 10.6 Å². The van der Waals surface area contributed by atoms with E-state index in [1.807, 2.05) is 51.5 Å². The van der Waals surface area contributed by atoms with Gasteiger partial charge in [-0.2, -0.15) is 0 Å². The minimum absolute atomic E-state index is 0.0516. The van der Waals surface area contributed by atoms with Crippen LogP contribution in [0.15, 0.2) is 48.8 Å². The smallest absolute Gasteiger partial charge is 0.294 e. The van der Waals surface area contributed by atoms with Gasteiger partial charge in [-0.05, 0) is 45.1 Å². The van der Waals surface area contributed by atoms with Crippen LogP contribution in [-0.4, -0.2) is 58.0 Å². The molecule has 2 N–H and O–H groups in total. The second-order valence-electron chi connectivity index (χ2n) is 9.03. The number of hydrogen-bond donors (Lipinski definition) is 2. The summed E-state index contributed by atoms with van der Waals surface area (Å²) in [6, 6.07) is 11.6. The Labute approximate surface area is 207 Å². The summed E-state index contributed by atoms with van der Waals surface area (Å²) >= 11 is 6.46. The predicted molar refractivity (Wildman–Crippen MR) is 140 cm³/mol. The molecule has 0 saturated carbocycles. The van der Waals surface area contributed by atoms with Gasteiger partial charge in [0.1, 0.15) is 5.69 Å². The number of hydrogen-bond acceptors (Lipinski definition) is 7. The molecule has 2 aromatic heterocycles. The molecular formula is C25H26ClN7O2. The Kier molecular flexibility index (Phi) is 6.04. The van der Waals surface area contributed by atoms with E-state index in [2.05, 4.69) is 30.1 Å². The summed E-state index contributed by atoms with van der Waals surface area (Å²) in [6.45, 7) is 3.58. The number of benzene rings is 2. The molecule has 1 fully saturated rings. The van der Waals surface area contributed by atoms with Gasteiger partial charge in [-0.25, -0.2) is 9.97 Å². The van der Waals surface area contributed by atoms with Gasteiger partial charge >= 0.3 is 0 Å². The van der Waals surface area contributed by atoms with E-state index >= 15 is 0 Å². The Balaban J connectivity index is 1.45. The molecule has 4 aromatic rings. The summed E-state index contributed by atoms with van der Waals surface area (Å²) in [4.78, 5) is 28.0. The van der Waals surface area contributed by atoms with Crippen LogP contribution in [0, 0.1) is 17.0 Å². The quantitative estimate of drug-likeness (QED) is 0.275. The molecule has 0 bridgehead atoms. The number of aromatic nitrogens is 3. The first kappa shape index (κ1) is 23.1. The van der Waals surface area contributed by atoms with Gasteiger partial charge in [-0.1, -0.05) is 29.8 Å². The van der Waals surface area contributed by atoms with Crippen LogP contribution in [-0.2, 0) is 0 Å². The molecule has 0 amide bonds. The zero-order valence-corrected chi connectivity index (χ0v) is 20.5. The van der Waals surface area contributed by atoms with Gasteiger partial charge in [0.05, 0.1) is 21.8 Å². The minimum Gasteiger partial charge on any atom is -0.364 e. The Bertz CT molecular complexity index is 1420. The molecule has 1 aliphatic rings. The number of likely N-dealkylation sites (N-methyl/N-ethyl adjacent to an activating group) is 1. The lowest BCUT2D eigenvalue weighted by Gasteiger charge is -2.22. The number of para-hydroxylation sites is 1.